The number of benzene rings is 1. The first-order chi connectivity index (χ1) is 9.78. The number of hydrogen-bond donors (Lipinski definition) is 0. The van der Waals surface area contributed by atoms with Crippen molar-refractivity contribution in [1.82, 2.24) is 0 Å². The second kappa shape index (κ2) is 4.75. The molecule has 0 aliphatic carbocycles. The van der Waals surface area contributed by atoms with Gasteiger partial charge in [0.25, 0.3) is 0 Å². The average molecular weight is 296 g/mol. The third kappa shape index (κ3) is 2.38. The van der Waals surface area contributed by atoms with Gasteiger partial charge >= 0.3 is 6.11 Å². The highest BCUT2D eigenvalue weighted by atomic mass is 19.3. The third-order valence-electron chi connectivity index (χ3n) is 5.15. The molecule has 21 heavy (non-hydrogen) atoms. The molecular formula is C17H22F2O2. The van der Waals surface area contributed by atoms with E-state index in [0.29, 0.717) is 12.3 Å². The molecule has 0 unspecified atom stereocenters. The Balaban J connectivity index is 1.80. The van der Waals surface area contributed by atoms with E-state index in [2.05, 4.69) is 13.8 Å². The van der Waals surface area contributed by atoms with E-state index in [-0.39, 0.29) is 11.2 Å². The Morgan fingerprint density at radius 1 is 1.24 bits per heavy atom. The Hall–Kier alpha value is -1.00. The lowest BCUT2D eigenvalue weighted by Crippen LogP contribution is -2.42. The molecule has 2 fully saturated rings. The summed E-state index contributed by atoms with van der Waals surface area (Å²) in [5.41, 5.74) is -0.996. The molecule has 0 amide bonds. The van der Waals surface area contributed by atoms with Gasteiger partial charge in [0.05, 0.1) is 22.9 Å². The molecule has 2 aliphatic heterocycles. The molecular weight excluding hydrogens is 274 g/mol. The van der Waals surface area contributed by atoms with E-state index in [1.54, 1.807) is 18.2 Å². The van der Waals surface area contributed by atoms with Crippen molar-refractivity contribution in [3.63, 3.8) is 0 Å². The molecule has 0 spiro atoms. The highest BCUT2D eigenvalue weighted by molar-refractivity contribution is 5.19. The van der Waals surface area contributed by atoms with Crippen molar-refractivity contribution in [3.8, 4) is 0 Å². The summed E-state index contributed by atoms with van der Waals surface area (Å²) in [5, 5.41) is 0. The van der Waals surface area contributed by atoms with E-state index in [4.69, 9.17) is 9.47 Å². The number of fused-ring (bicyclic) bond motifs is 2. The van der Waals surface area contributed by atoms with Crippen LogP contribution in [0.2, 0.25) is 0 Å². The maximum Gasteiger partial charge on any atom is 0.383 e. The lowest BCUT2D eigenvalue weighted by molar-refractivity contribution is -0.288. The molecule has 3 rings (SSSR count). The Morgan fingerprint density at radius 3 is 2.48 bits per heavy atom. The van der Waals surface area contributed by atoms with Crippen LogP contribution in [0.25, 0.3) is 0 Å². The summed E-state index contributed by atoms with van der Waals surface area (Å²) in [6, 6.07) is 7.71. The Bertz CT molecular complexity index is 517. The summed E-state index contributed by atoms with van der Waals surface area (Å²) >= 11 is 0. The first kappa shape index (κ1) is 14.9. The van der Waals surface area contributed by atoms with Crippen molar-refractivity contribution in [1.29, 1.82) is 0 Å². The van der Waals surface area contributed by atoms with E-state index in [0.717, 1.165) is 12.8 Å². The maximum atomic E-state index is 14.4. The quantitative estimate of drug-likeness (QED) is 0.815. The Kier molecular flexibility index (Phi) is 3.37. The highest BCUT2D eigenvalue weighted by Gasteiger charge is 2.62. The average Bonchev–Trinajstić information content (AvgIpc) is 2.92. The van der Waals surface area contributed by atoms with Crippen molar-refractivity contribution < 1.29 is 18.3 Å². The number of rotatable bonds is 4. The number of halogens is 2. The van der Waals surface area contributed by atoms with Gasteiger partial charge in [-0.15, -0.1) is 0 Å². The molecule has 0 radical (unpaired) electrons. The van der Waals surface area contributed by atoms with E-state index in [9.17, 15) is 8.78 Å². The zero-order valence-corrected chi connectivity index (χ0v) is 12.7. The summed E-state index contributed by atoms with van der Waals surface area (Å²) in [5.74, 6) is 0.304. The molecule has 4 heteroatoms. The van der Waals surface area contributed by atoms with Gasteiger partial charge in [0, 0.05) is 6.42 Å². The molecule has 2 bridgehead atoms. The van der Waals surface area contributed by atoms with Crippen LogP contribution in [0.15, 0.2) is 30.3 Å². The second-order valence-electron chi connectivity index (χ2n) is 6.83. The Morgan fingerprint density at radius 2 is 1.90 bits per heavy atom. The predicted octanol–water partition coefficient (Wildman–Crippen LogP) is 4.49. The molecule has 0 aromatic heterocycles. The number of hydrogen-bond acceptors (Lipinski definition) is 2. The van der Waals surface area contributed by atoms with Crippen LogP contribution < -0.4 is 0 Å². The second-order valence-corrected chi connectivity index (χ2v) is 6.83. The van der Waals surface area contributed by atoms with Gasteiger partial charge in [-0.1, -0.05) is 44.2 Å². The highest BCUT2D eigenvalue weighted by Crippen LogP contribution is 2.56. The molecule has 3 atom stereocenters. The molecule has 0 saturated carbocycles. The fraction of sp³-hybridized carbons (Fsp3) is 0.647. The van der Waals surface area contributed by atoms with Gasteiger partial charge < -0.3 is 9.47 Å². The van der Waals surface area contributed by atoms with Gasteiger partial charge in [0.15, 0.2) is 0 Å². The lowest BCUT2D eigenvalue weighted by atomic mass is 9.75. The monoisotopic (exact) mass is 296 g/mol. The summed E-state index contributed by atoms with van der Waals surface area (Å²) < 4.78 is 40.1. The summed E-state index contributed by atoms with van der Waals surface area (Å²) in [7, 11) is 0. The lowest BCUT2D eigenvalue weighted by Gasteiger charge is -2.33. The standard InChI is InChI=1S/C17H22F2O2/c1-12(2)16-10-9-15(3,21-16)14(11-16)20-17(18,19)13-7-5-4-6-8-13/h4-8,12,14H,9-11H2,1-3H3/t14-,15+,16-/m0/s1. The molecule has 0 N–H and O–H groups in total. The first-order valence-corrected chi connectivity index (χ1v) is 7.59. The third-order valence-corrected chi connectivity index (χ3v) is 5.15. The molecule has 1 aromatic carbocycles. The zero-order valence-electron chi connectivity index (χ0n) is 12.7. The van der Waals surface area contributed by atoms with E-state index in [1.165, 1.54) is 12.1 Å². The summed E-state index contributed by atoms with van der Waals surface area (Å²) in [6.07, 6.45) is -1.59. The topological polar surface area (TPSA) is 18.5 Å². The van der Waals surface area contributed by atoms with Crippen molar-refractivity contribution in [2.75, 3.05) is 0 Å². The van der Waals surface area contributed by atoms with Crippen molar-refractivity contribution in [2.24, 2.45) is 5.92 Å². The zero-order chi connectivity index (χ0) is 15.3. The first-order valence-electron chi connectivity index (χ1n) is 7.59. The number of alkyl halides is 2. The van der Waals surface area contributed by atoms with Gasteiger partial charge in [0.2, 0.25) is 0 Å². The van der Waals surface area contributed by atoms with Crippen LogP contribution in [0.4, 0.5) is 8.78 Å². The minimum atomic E-state index is -3.28. The molecule has 2 nitrogen and oxygen atoms in total. The van der Waals surface area contributed by atoms with Crippen LogP contribution in [0.1, 0.15) is 45.6 Å². The molecule has 2 saturated heterocycles. The molecule has 1 aromatic rings. The summed E-state index contributed by atoms with van der Waals surface area (Å²) in [4.78, 5) is 0. The van der Waals surface area contributed by atoms with Crippen LogP contribution in [-0.2, 0) is 15.6 Å². The van der Waals surface area contributed by atoms with E-state index >= 15 is 0 Å². The minimum Gasteiger partial charge on any atom is -0.366 e. The van der Waals surface area contributed by atoms with Gasteiger partial charge in [0.1, 0.15) is 0 Å². The smallest absolute Gasteiger partial charge is 0.366 e. The Labute approximate surface area is 124 Å². The van der Waals surface area contributed by atoms with Gasteiger partial charge in [-0.25, -0.2) is 0 Å². The summed E-state index contributed by atoms with van der Waals surface area (Å²) in [6.45, 7) is 6.07. The van der Waals surface area contributed by atoms with Gasteiger partial charge in [-0.3, -0.25) is 0 Å². The molecule has 2 aliphatic rings. The largest absolute Gasteiger partial charge is 0.383 e. The fourth-order valence-electron chi connectivity index (χ4n) is 3.61. The van der Waals surface area contributed by atoms with Crippen LogP contribution in [0.5, 0.6) is 0 Å². The fourth-order valence-corrected chi connectivity index (χ4v) is 3.61. The van der Waals surface area contributed by atoms with Gasteiger partial charge in [-0.05, 0) is 25.7 Å². The van der Waals surface area contributed by atoms with E-state index in [1.807, 2.05) is 6.92 Å². The maximum absolute atomic E-state index is 14.4. The van der Waals surface area contributed by atoms with Crippen LogP contribution in [0, 0.1) is 5.92 Å². The van der Waals surface area contributed by atoms with Crippen molar-refractivity contribution in [2.45, 2.75) is 63.4 Å². The SMILES string of the molecule is CC(C)[C@@]12CC[C@@](C)(O1)[C@@H](OC(F)(F)c1ccccc1)C2. The van der Waals surface area contributed by atoms with Crippen LogP contribution in [0.3, 0.4) is 0 Å². The number of ether oxygens (including phenoxy) is 2. The van der Waals surface area contributed by atoms with Gasteiger partial charge in [-0.2, -0.15) is 8.78 Å². The molecule has 116 valence electrons. The van der Waals surface area contributed by atoms with E-state index < -0.39 is 17.8 Å². The normalized spacial score (nSPS) is 35.6. The predicted molar refractivity (Wildman–Crippen MR) is 76.1 cm³/mol. The molecule has 2 heterocycles. The van der Waals surface area contributed by atoms with Crippen molar-refractivity contribution >= 4 is 0 Å². The van der Waals surface area contributed by atoms with Crippen LogP contribution in [-0.4, -0.2) is 17.3 Å². The minimum absolute atomic E-state index is 0.102. The van der Waals surface area contributed by atoms with Crippen molar-refractivity contribution in [3.05, 3.63) is 35.9 Å². The van der Waals surface area contributed by atoms with Crippen LogP contribution >= 0.6 is 0 Å².